The quantitative estimate of drug-likeness (QED) is 0.165. The molecular weight excluding hydrogens is 713 g/mol. The second-order valence-corrected chi connectivity index (χ2v) is 22.1. The molecule has 0 atom stereocenters. The van der Waals surface area contributed by atoms with E-state index in [1.165, 1.54) is 16.0 Å². The average Bonchev–Trinajstić information content (AvgIpc) is 3.39. The number of carbonyl (C=O) groups excluding carboxylic acids is 2. The second-order valence-electron chi connectivity index (χ2n) is 18.9. The van der Waals surface area contributed by atoms with Crippen molar-refractivity contribution in [2.75, 3.05) is 26.8 Å². The van der Waals surface area contributed by atoms with Crippen LogP contribution in [0.1, 0.15) is 164 Å². The lowest BCUT2D eigenvalue weighted by Crippen LogP contribution is -2.44. The standard InChI is InChI=1S/C45H66N2O5S2/c1-17-30-35(27(3)46-36(30)40(50)52-18-2)39(49)47-21-19-45(20-22-47,53-28-23-31(41(4,5)6)37(48)32(24-28)42(7,8)9)54-29-25-33(43(10,11)12)38(51-16)34(26-29)44(13,14)15/h23-26,46,48H,17-22H2,1-16H3. The van der Waals surface area contributed by atoms with Gasteiger partial charge in [0.05, 0.1) is 23.4 Å². The molecule has 1 aliphatic rings. The third kappa shape index (κ3) is 9.31. The number of aromatic hydroxyl groups is 1. The van der Waals surface area contributed by atoms with E-state index in [9.17, 15) is 14.7 Å². The molecule has 0 radical (unpaired) electrons. The Kier molecular flexibility index (Phi) is 12.8. The van der Waals surface area contributed by atoms with E-state index in [0.717, 1.165) is 34.6 Å². The summed E-state index contributed by atoms with van der Waals surface area (Å²) in [4.78, 5) is 34.6. The number of phenolic OH excluding ortho intramolecular Hbond substituents is 1. The predicted molar refractivity (Wildman–Crippen MR) is 226 cm³/mol. The lowest BCUT2D eigenvalue weighted by molar-refractivity contribution is 0.0518. The van der Waals surface area contributed by atoms with Crippen LogP contribution in [-0.4, -0.2) is 57.8 Å². The molecule has 1 aromatic heterocycles. The summed E-state index contributed by atoms with van der Waals surface area (Å²) in [5.41, 5.74) is 5.77. The Morgan fingerprint density at radius 2 is 1.20 bits per heavy atom. The number of carbonyl (C=O) groups is 2. The van der Waals surface area contributed by atoms with Gasteiger partial charge >= 0.3 is 5.97 Å². The minimum atomic E-state index is -0.427. The zero-order valence-electron chi connectivity index (χ0n) is 35.9. The van der Waals surface area contributed by atoms with Crippen LogP contribution in [0.3, 0.4) is 0 Å². The molecule has 2 aromatic carbocycles. The summed E-state index contributed by atoms with van der Waals surface area (Å²) in [6.07, 6.45) is 2.02. The molecule has 3 aromatic rings. The number of esters is 1. The van der Waals surface area contributed by atoms with Gasteiger partial charge < -0.3 is 24.5 Å². The van der Waals surface area contributed by atoms with Gasteiger partial charge in [0.2, 0.25) is 0 Å². The Labute approximate surface area is 334 Å². The first-order chi connectivity index (χ1) is 24.8. The molecule has 0 bridgehead atoms. The Morgan fingerprint density at radius 3 is 1.57 bits per heavy atom. The lowest BCUT2D eigenvalue weighted by Gasteiger charge is -2.42. The molecule has 1 aliphatic heterocycles. The SMILES string of the molecule is CCOC(=O)c1[nH]c(C)c(C(=O)N2CCC(Sc3cc(C(C)(C)C)c(O)c(C(C)(C)C)c3)(Sc3cc(C(C)(C)C)c(OC)c(C(C)(C)C)c3)CC2)c1CC. The van der Waals surface area contributed by atoms with Gasteiger partial charge in [-0.25, -0.2) is 4.79 Å². The Balaban J connectivity index is 1.85. The lowest BCUT2D eigenvalue weighted by atomic mass is 9.79. The molecule has 0 aliphatic carbocycles. The number of nitrogens with zero attached hydrogens (tertiary/aromatic N) is 1. The Bertz CT molecular complexity index is 1790. The number of rotatable bonds is 9. The van der Waals surface area contributed by atoms with Gasteiger partial charge in [0.25, 0.3) is 5.91 Å². The Morgan fingerprint density at radius 1 is 0.778 bits per heavy atom. The third-order valence-corrected chi connectivity index (χ3v) is 13.3. The smallest absolute Gasteiger partial charge is 0.355 e. The number of aromatic nitrogens is 1. The number of hydrogen-bond donors (Lipinski definition) is 2. The maximum absolute atomic E-state index is 14.3. The van der Waals surface area contributed by atoms with Crippen LogP contribution in [0, 0.1) is 6.92 Å². The molecule has 9 heteroatoms. The summed E-state index contributed by atoms with van der Waals surface area (Å²) in [5, 5.41) is 11.6. The Hall–Kier alpha value is -3.04. The number of ether oxygens (including phenoxy) is 2. The maximum Gasteiger partial charge on any atom is 0.355 e. The number of aromatic amines is 1. The van der Waals surface area contributed by atoms with Crippen molar-refractivity contribution >= 4 is 35.4 Å². The third-order valence-electron chi connectivity index (χ3n) is 10.3. The van der Waals surface area contributed by atoms with Crippen molar-refractivity contribution in [1.29, 1.82) is 0 Å². The number of likely N-dealkylation sites (tertiary alicyclic amines) is 1. The van der Waals surface area contributed by atoms with Crippen LogP contribution in [-0.2, 0) is 32.8 Å². The second kappa shape index (κ2) is 15.8. The number of hydrogen-bond acceptors (Lipinski definition) is 7. The number of aryl methyl sites for hydroxylation is 1. The van der Waals surface area contributed by atoms with Gasteiger partial charge in [0, 0.05) is 50.8 Å². The van der Waals surface area contributed by atoms with Gasteiger partial charge in [-0.2, -0.15) is 0 Å². The van der Waals surface area contributed by atoms with Crippen LogP contribution in [0.5, 0.6) is 11.5 Å². The number of nitrogens with one attached hydrogen (secondary N) is 1. The number of methoxy groups -OCH3 is 1. The molecule has 0 unspecified atom stereocenters. The van der Waals surface area contributed by atoms with E-state index in [1.54, 1.807) is 14.0 Å². The minimum absolute atomic E-state index is 0.0519. The van der Waals surface area contributed by atoms with E-state index in [0.29, 0.717) is 47.8 Å². The summed E-state index contributed by atoms with van der Waals surface area (Å²) < 4.78 is 11.1. The molecule has 1 fully saturated rings. The zero-order chi connectivity index (χ0) is 40.8. The first-order valence-corrected chi connectivity index (χ1v) is 21.1. The van der Waals surface area contributed by atoms with E-state index in [4.69, 9.17) is 9.47 Å². The number of thioether (sulfide) groups is 2. The molecule has 2 heterocycles. The highest BCUT2D eigenvalue weighted by atomic mass is 32.2. The number of benzene rings is 2. The highest BCUT2D eigenvalue weighted by Crippen LogP contribution is 2.55. The van der Waals surface area contributed by atoms with Gasteiger partial charge in [0.15, 0.2) is 0 Å². The highest BCUT2D eigenvalue weighted by molar-refractivity contribution is 8.18. The fourth-order valence-corrected chi connectivity index (χ4v) is 10.4. The normalized spacial score (nSPS) is 15.4. The molecule has 1 saturated heterocycles. The first-order valence-electron chi connectivity index (χ1n) is 19.4. The van der Waals surface area contributed by atoms with E-state index < -0.39 is 5.97 Å². The van der Waals surface area contributed by atoms with Crippen LogP contribution in [0.2, 0.25) is 0 Å². The van der Waals surface area contributed by atoms with Gasteiger partial charge in [-0.3, -0.25) is 4.79 Å². The van der Waals surface area contributed by atoms with Crippen molar-refractivity contribution in [2.45, 2.75) is 159 Å². The predicted octanol–water partition coefficient (Wildman–Crippen LogP) is 11.5. The largest absolute Gasteiger partial charge is 0.507 e. The number of H-pyrrole nitrogens is 1. The van der Waals surface area contributed by atoms with E-state index in [-0.39, 0.29) is 38.3 Å². The maximum atomic E-state index is 14.3. The van der Waals surface area contributed by atoms with Crippen molar-refractivity contribution < 1.29 is 24.2 Å². The molecule has 4 rings (SSSR count). The van der Waals surface area contributed by atoms with Crippen molar-refractivity contribution in [1.82, 2.24) is 9.88 Å². The molecule has 1 amide bonds. The van der Waals surface area contributed by atoms with Gasteiger partial charge in [-0.1, -0.05) is 90.0 Å². The average molecular weight is 779 g/mol. The highest BCUT2D eigenvalue weighted by Gasteiger charge is 2.41. The summed E-state index contributed by atoms with van der Waals surface area (Å²) in [7, 11) is 1.77. The molecule has 0 spiro atoms. The van der Waals surface area contributed by atoms with E-state index in [1.807, 2.05) is 42.3 Å². The summed E-state index contributed by atoms with van der Waals surface area (Å²) in [6.45, 7) is 33.3. The number of piperidine rings is 1. The van der Waals surface area contributed by atoms with Crippen molar-refractivity contribution in [3.63, 3.8) is 0 Å². The molecule has 0 saturated carbocycles. The topological polar surface area (TPSA) is 91.9 Å². The van der Waals surface area contributed by atoms with Crippen LogP contribution in [0.25, 0.3) is 0 Å². The summed E-state index contributed by atoms with van der Waals surface area (Å²) in [6, 6.07) is 8.98. The van der Waals surface area contributed by atoms with Crippen molar-refractivity contribution in [3.8, 4) is 11.5 Å². The fourth-order valence-electron chi connectivity index (χ4n) is 7.37. The van der Waals surface area contributed by atoms with Gasteiger partial charge in [0.1, 0.15) is 17.2 Å². The van der Waals surface area contributed by atoms with Crippen LogP contribution in [0.4, 0.5) is 0 Å². The number of amides is 1. The minimum Gasteiger partial charge on any atom is -0.507 e. The van der Waals surface area contributed by atoms with Crippen molar-refractivity contribution in [3.05, 3.63) is 69.0 Å². The zero-order valence-corrected chi connectivity index (χ0v) is 37.5. The van der Waals surface area contributed by atoms with Gasteiger partial charge in [-0.05, 0) is 84.6 Å². The fraction of sp³-hybridized carbons (Fsp3) is 0.600. The first kappa shape index (κ1) is 43.7. The summed E-state index contributed by atoms with van der Waals surface area (Å²) >= 11 is 3.75. The van der Waals surface area contributed by atoms with Crippen LogP contribution in [0.15, 0.2) is 34.1 Å². The molecule has 7 nitrogen and oxygen atoms in total. The number of phenols is 1. The van der Waals surface area contributed by atoms with E-state index >= 15 is 0 Å². The van der Waals surface area contributed by atoms with Crippen molar-refractivity contribution in [2.24, 2.45) is 0 Å². The van der Waals surface area contributed by atoms with Crippen LogP contribution < -0.4 is 4.74 Å². The van der Waals surface area contributed by atoms with E-state index in [2.05, 4.69) is 112 Å². The summed E-state index contributed by atoms with van der Waals surface area (Å²) in [5.74, 6) is 0.838. The molecule has 2 N–H and O–H groups in total. The monoisotopic (exact) mass is 778 g/mol. The molecular formula is C45H66N2O5S2. The molecule has 54 heavy (non-hydrogen) atoms. The van der Waals surface area contributed by atoms with Crippen LogP contribution >= 0.6 is 23.5 Å². The molecule has 298 valence electrons. The van der Waals surface area contributed by atoms with Gasteiger partial charge in [-0.15, -0.1) is 23.5 Å².